The number of rotatable bonds is 2. The van der Waals surface area contributed by atoms with Gasteiger partial charge in [0.15, 0.2) is 5.82 Å². The van der Waals surface area contributed by atoms with Gasteiger partial charge in [0.05, 0.1) is 28.7 Å². The highest BCUT2D eigenvalue weighted by molar-refractivity contribution is 5.72. The number of hydrogen-bond acceptors (Lipinski definition) is 4. The summed E-state index contributed by atoms with van der Waals surface area (Å²) in [5.41, 5.74) is 6.28. The molecule has 2 aromatic heterocycles. The van der Waals surface area contributed by atoms with Crippen LogP contribution in [0.5, 0.6) is 0 Å². The molecule has 7 heteroatoms. The number of anilines is 1. The van der Waals surface area contributed by atoms with E-state index in [0.29, 0.717) is 17.8 Å². The van der Waals surface area contributed by atoms with Crippen molar-refractivity contribution in [2.45, 2.75) is 6.54 Å². The minimum Gasteiger partial charge on any atom is -0.367 e. The third-order valence-electron chi connectivity index (χ3n) is 6.32. The molecule has 0 spiro atoms. The zero-order valence-corrected chi connectivity index (χ0v) is 17.4. The highest BCUT2D eigenvalue weighted by Crippen LogP contribution is 2.36. The van der Waals surface area contributed by atoms with Gasteiger partial charge < -0.3 is 14.8 Å². The summed E-state index contributed by atoms with van der Waals surface area (Å²) >= 11 is 0. The maximum Gasteiger partial charge on any atom is 0.161 e. The molecule has 0 bridgehead atoms. The summed E-state index contributed by atoms with van der Waals surface area (Å²) in [5, 5.41) is 12.4. The standard InChI is InChI=1S/C25H21FN6/c26-21-13-22-20(12-23(21)30-8-5-28-6-9-30)16-31-15-19(18-3-1-17(14-27)2-4-18)11-24(31)25-29-7-10-32(22)25/h1-4,7,10-13,15,28H,5-6,8-9,16H2. The van der Waals surface area contributed by atoms with Crippen molar-refractivity contribution in [2.75, 3.05) is 31.1 Å². The van der Waals surface area contributed by atoms with Gasteiger partial charge in [-0.15, -0.1) is 0 Å². The van der Waals surface area contributed by atoms with Gasteiger partial charge in [-0.2, -0.15) is 5.26 Å². The van der Waals surface area contributed by atoms with Crippen molar-refractivity contribution < 1.29 is 4.39 Å². The average Bonchev–Trinajstić information content (AvgIpc) is 3.45. The molecule has 0 unspecified atom stereocenters. The fourth-order valence-electron chi connectivity index (χ4n) is 4.69. The molecule has 0 saturated carbocycles. The Kier molecular flexibility index (Phi) is 4.33. The Morgan fingerprint density at radius 3 is 2.59 bits per heavy atom. The van der Waals surface area contributed by atoms with Gasteiger partial charge in [-0.05, 0) is 35.4 Å². The van der Waals surface area contributed by atoms with Gasteiger partial charge in [0.2, 0.25) is 0 Å². The molecule has 158 valence electrons. The van der Waals surface area contributed by atoms with Crippen LogP contribution in [0, 0.1) is 17.1 Å². The van der Waals surface area contributed by atoms with Crippen molar-refractivity contribution in [1.29, 1.82) is 5.26 Å². The van der Waals surface area contributed by atoms with Gasteiger partial charge in [-0.1, -0.05) is 12.1 Å². The van der Waals surface area contributed by atoms with E-state index in [2.05, 4.69) is 38.1 Å². The molecule has 4 aromatic rings. The van der Waals surface area contributed by atoms with E-state index in [4.69, 9.17) is 5.26 Å². The summed E-state index contributed by atoms with van der Waals surface area (Å²) < 4.78 is 19.3. The largest absolute Gasteiger partial charge is 0.367 e. The number of hydrogen-bond donors (Lipinski definition) is 1. The molecule has 2 aliphatic heterocycles. The van der Waals surface area contributed by atoms with Crippen LogP contribution in [-0.4, -0.2) is 40.3 Å². The van der Waals surface area contributed by atoms with E-state index in [1.54, 1.807) is 12.3 Å². The minimum atomic E-state index is -0.199. The molecule has 2 aromatic carbocycles. The molecule has 1 saturated heterocycles. The number of fused-ring (bicyclic) bond motifs is 5. The first kappa shape index (κ1) is 18.8. The molecule has 32 heavy (non-hydrogen) atoms. The van der Waals surface area contributed by atoms with E-state index < -0.39 is 0 Å². The Morgan fingerprint density at radius 2 is 1.81 bits per heavy atom. The lowest BCUT2D eigenvalue weighted by molar-refractivity contribution is 0.565. The summed E-state index contributed by atoms with van der Waals surface area (Å²) in [6, 6.07) is 15.5. The lowest BCUT2D eigenvalue weighted by Crippen LogP contribution is -2.44. The maximum absolute atomic E-state index is 15.2. The average molecular weight is 424 g/mol. The summed E-state index contributed by atoms with van der Waals surface area (Å²) in [5.74, 6) is 0.591. The number of nitrogens with zero attached hydrogens (tertiary/aromatic N) is 5. The van der Waals surface area contributed by atoms with Crippen LogP contribution >= 0.6 is 0 Å². The summed E-state index contributed by atoms with van der Waals surface area (Å²) in [7, 11) is 0. The van der Waals surface area contributed by atoms with Crippen molar-refractivity contribution in [3.63, 3.8) is 0 Å². The normalized spacial score (nSPS) is 14.8. The highest BCUT2D eigenvalue weighted by atomic mass is 19.1. The molecule has 0 aliphatic carbocycles. The zero-order valence-electron chi connectivity index (χ0n) is 17.4. The molecule has 1 N–H and O–H groups in total. The second kappa shape index (κ2) is 7.36. The predicted molar refractivity (Wildman–Crippen MR) is 121 cm³/mol. The van der Waals surface area contributed by atoms with E-state index in [1.165, 1.54) is 0 Å². The second-order valence-electron chi connectivity index (χ2n) is 8.22. The van der Waals surface area contributed by atoms with Gasteiger partial charge in [0.1, 0.15) is 5.82 Å². The fourth-order valence-corrected chi connectivity index (χ4v) is 4.69. The van der Waals surface area contributed by atoms with Crippen LogP contribution in [0.15, 0.2) is 61.1 Å². The van der Waals surface area contributed by atoms with Gasteiger partial charge in [0, 0.05) is 62.9 Å². The Hall–Kier alpha value is -3.89. The Labute approximate surface area is 185 Å². The van der Waals surface area contributed by atoms with E-state index in [0.717, 1.165) is 60.1 Å². The van der Waals surface area contributed by atoms with Crippen molar-refractivity contribution in [3.05, 3.63) is 78.0 Å². The molecule has 4 heterocycles. The van der Waals surface area contributed by atoms with Crippen LogP contribution in [0.4, 0.5) is 10.1 Å². The van der Waals surface area contributed by atoms with Crippen LogP contribution in [0.1, 0.15) is 11.1 Å². The number of piperazine rings is 1. The number of benzene rings is 2. The molecular weight excluding hydrogens is 403 g/mol. The van der Waals surface area contributed by atoms with Crippen LogP contribution in [0.3, 0.4) is 0 Å². The summed E-state index contributed by atoms with van der Waals surface area (Å²) in [6.07, 6.45) is 5.76. The number of halogens is 1. The van der Waals surface area contributed by atoms with Crippen LogP contribution < -0.4 is 10.2 Å². The first-order chi connectivity index (χ1) is 15.7. The van der Waals surface area contributed by atoms with Crippen molar-refractivity contribution in [3.8, 4) is 34.4 Å². The smallest absolute Gasteiger partial charge is 0.161 e. The molecule has 6 rings (SSSR count). The molecule has 6 nitrogen and oxygen atoms in total. The van der Waals surface area contributed by atoms with Gasteiger partial charge in [-0.3, -0.25) is 4.57 Å². The van der Waals surface area contributed by atoms with Crippen LogP contribution in [-0.2, 0) is 6.54 Å². The Morgan fingerprint density at radius 1 is 1.00 bits per heavy atom. The van der Waals surface area contributed by atoms with Crippen molar-refractivity contribution in [1.82, 2.24) is 19.4 Å². The molecule has 1 fully saturated rings. The van der Waals surface area contributed by atoms with Crippen molar-refractivity contribution in [2.24, 2.45) is 0 Å². The van der Waals surface area contributed by atoms with Gasteiger partial charge >= 0.3 is 0 Å². The van der Waals surface area contributed by atoms with E-state index >= 15 is 4.39 Å². The monoisotopic (exact) mass is 424 g/mol. The maximum atomic E-state index is 15.2. The summed E-state index contributed by atoms with van der Waals surface area (Å²) in [6.45, 7) is 3.94. The fraction of sp³-hybridized carbons (Fsp3) is 0.200. The Bertz CT molecular complexity index is 1350. The number of nitriles is 1. The molecule has 0 amide bonds. The lowest BCUT2D eigenvalue weighted by Gasteiger charge is -2.30. The highest BCUT2D eigenvalue weighted by Gasteiger charge is 2.24. The van der Waals surface area contributed by atoms with E-state index in [9.17, 15) is 0 Å². The number of imidazole rings is 1. The van der Waals surface area contributed by atoms with E-state index in [1.807, 2.05) is 41.1 Å². The quantitative estimate of drug-likeness (QED) is 0.468. The van der Waals surface area contributed by atoms with Gasteiger partial charge in [-0.25, -0.2) is 9.37 Å². The first-order valence-electron chi connectivity index (χ1n) is 10.7. The van der Waals surface area contributed by atoms with Crippen LogP contribution in [0.2, 0.25) is 0 Å². The Balaban J connectivity index is 1.46. The number of aromatic nitrogens is 3. The molecular formula is C25H21FN6. The SMILES string of the molecule is N#Cc1ccc(-c2cc3n(c2)Cc2cc(N4CCNCC4)c(F)cc2-n2ccnc2-3)cc1. The summed E-state index contributed by atoms with van der Waals surface area (Å²) in [4.78, 5) is 6.71. The lowest BCUT2D eigenvalue weighted by atomic mass is 10.1. The van der Waals surface area contributed by atoms with E-state index in [-0.39, 0.29) is 5.82 Å². The predicted octanol–water partition coefficient (Wildman–Crippen LogP) is 3.79. The third-order valence-corrected chi connectivity index (χ3v) is 6.32. The third kappa shape index (κ3) is 3.00. The number of nitrogens with one attached hydrogen (secondary N) is 1. The molecule has 0 radical (unpaired) electrons. The topological polar surface area (TPSA) is 61.8 Å². The van der Waals surface area contributed by atoms with Crippen molar-refractivity contribution >= 4 is 5.69 Å². The zero-order chi connectivity index (χ0) is 21.7. The molecule has 0 atom stereocenters. The van der Waals surface area contributed by atoms with Crippen LogP contribution in [0.25, 0.3) is 28.3 Å². The first-order valence-corrected chi connectivity index (χ1v) is 10.7. The van der Waals surface area contributed by atoms with Gasteiger partial charge in [0.25, 0.3) is 0 Å². The minimum absolute atomic E-state index is 0.199. The second-order valence-corrected chi connectivity index (χ2v) is 8.22. The molecule has 2 aliphatic rings.